The highest BCUT2D eigenvalue weighted by molar-refractivity contribution is 9.09. The van der Waals surface area contributed by atoms with Gasteiger partial charge in [0.2, 0.25) is 5.88 Å². The smallest absolute Gasteiger partial charge is 0.213 e. The van der Waals surface area contributed by atoms with Gasteiger partial charge >= 0.3 is 0 Å². The van der Waals surface area contributed by atoms with Crippen molar-refractivity contribution in [1.29, 1.82) is 0 Å². The van der Waals surface area contributed by atoms with E-state index in [4.69, 9.17) is 4.74 Å². The van der Waals surface area contributed by atoms with Crippen molar-refractivity contribution in [3.8, 4) is 5.88 Å². The lowest BCUT2D eigenvalue weighted by molar-refractivity contribution is 0.333. The predicted octanol–water partition coefficient (Wildman–Crippen LogP) is 3.48. The zero-order chi connectivity index (χ0) is 11.4. The number of benzene rings is 1. The fourth-order valence-corrected chi connectivity index (χ4v) is 1.70. The SMILES string of the molecule is FCc1cccc2nc(OCCBr)ccc12. The molecule has 0 amide bonds. The second kappa shape index (κ2) is 5.25. The Hall–Kier alpha value is -1.16. The Labute approximate surface area is 102 Å². The number of hydrogen-bond acceptors (Lipinski definition) is 2. The minimum absolute atomic E-state index is 0.472. The molecular weight excluding hydrogens is 273 g/mol. The number of halogens is 2. The van der Waals surface area contributed by atoms with Crippen LogP contribution in [-0.2, 0) is 6.67 Å². The third-order valence-electron chi connectivity index (χ3n) is 2.27. The minimum atomic E-state index is -0.472. The van der Waals surface area contributed by atoms with Crippen LogP contribution in [-0.4, -0.2) is 16.9 Å². The Kier molecular flexibility index (Phi) is 3.72. The van der Waals surface area contributed by atoms with Crippen LogP contribution < -0.4 is 4.74 Å². The van der Waals surface area contributed by atoms with Crippen LogP contribution in [0, 0.1) is 0 Å². The molecule has 1 aromatic heterocycles. The standard InChI is InChI=1S/C12H11BrFNO/c13-6-7-16-12-5-4-10-9(8-14)2-1-3-11(10)15-12/h1-5H,6-8H2. The molecule has 0 unspecified atom stereocenters. The van der Waals surface area contributed by atoms with Crippen molar-refractivity contribution < 1.29 is 9.13 Å². The Morgan fingerprint density at radius 3 is 2.88 bits per heavy atom. The first kappa shape index (κ1) is 11.3. The molecule has 1 heterocycles. The number of hydrogen-bond donors (Lipinski definition) is 0. The summed E-state index contributed by atoms with van der Waals surface area (Å²) in [6.07, 6.45) is 0. The molecule has 84 valence electrons. The molecular formula is C12H11BrFNO. The summed E-state index contributed by atoms with van der Waals surface area (Å²) in [6, 6.07) is 9.04. The fraction of sp³-hybridized carbons (Fsp3) is 0.250. The van der Waals surface area contributed by atoms with E-state index in [-0.39, 0.29) is 0 Å². The normalized spacial score (nSPS) is 10.6. The second-order valence-electron chi connectivity index (χ2n) is 3.30. The van der Waals surface area contributed by atoms with Crippen LogP contribution >= 0.6 is 15.9 Å². The summed E-state index contributed by atoms with van der Waals surface area (Å²) < 4.78 is 18.1. The predicted molar refractivity (Wildman–Crippen MR) is 65.8 cm³/mol. The number of rotatable bonds is 4. The molecule has 0 N–H and O–H groups in total. The highest BCUT2D eigenvalue weighted by Crippen LogP contribution is 2.21. The van der Waals surface area contributed by atoms with Crippen molar-refractivity contribution in [3.63, 3.8) is 0 Å². The molecule has 0 atom stereocenters. The van der Waals surface area contributed by atoms with Gasteiger partial charge in [-0.15, -0.1) is 0 Å². The van der Waals surface area contributed by atoms with Gasteiger partial charge in [-0.3, -0.25) is 0 Å². The van der Waals surface area contributed by atoms with Gasteiger partial charge in [-0.25, -0.2) is 9.37 Å². The first-order valence-corrected chi connectivity index (χ1v) is 6.10. The monoisotopic (exact) mass is 283 g/mol. The van der Waals surface area contributed by atoms with Crippen LogP contribution in [0.25, 0.3) is 10.9 Å². The van der Waals surface area contributed by atoms with E-state index in [1.54, 1.807) is 18.2 Å². The number of ether oxygens (including phenoxy) is 1. The first-order chi connectivity index (χ1) is 7.85. The van der Waals surface area contributed by atoms with Crippen molar-refractivity contribution in [2.24, 2.45) is 0 Å². The Morgan fingerprint density at radius 1 is 1.25 bits per heavy atom. The highest BCUT2D eigenvalue weighted by atomic mass is 79.9. The molecule has 1 aromatic carbocycles. The van der Waals surface area contributed by atoms with Gasteiger partial charge in [0.25, 0.3) is 0 Å². The average molecular weight is 284 g/mol. The van der Waals surface area contributed by atoms with E-state index >= 15 is 0 Å². The average Bonchev–Trinajstić information content (AvgIpc) is 2.35. The second-order valence-corrected chi connectivity index (χ2v) is 4.10. The Balaban J connectivity index is 2.39. The van der Waals surface area contributed by atoms with Crippen LogP contribution in [0.3, 0.4) is 0 Å². The maximum atomic E-state index is 12.7. The summed E-state index contributed by atoms with van der Waals surface area (Å²) in [5.41, 5.74) is 1.43. The van der Waals surface area contributed by atoms with Crippen molar-refractivity contribution in [3.05, 3.63) is 35.9 Å². The van der Waals surface area contributed by atoms with E-state index < -0.39 is 6.67 Å². The lowest BCUT2D eigenvalue weighted by atomic mass is 10.1. The van der Waals surface area contributed by atoms with Crippen molar-refractivity contribution in [2.45, 2.75) is 6.67 Å². The van der Waals surface area contributed by atoms with Gasteiger partial charge in [0, 0.05) is 16.8 Å². The maximum absolute atomic E-state index is 12.7. The van der Waals surface area contributed by atoms with Crippen LogP contribution in [0.4, 0.5) is 4.39 Å². The maximum Gasteiger partial charge on any atom is 0.213 e. The topological polar surface area (TPSA) is 22.1 Å². The van der Waals surface area contributed by atoms with E-state index in [0.717, 1.165) is 16.2 Å². The molecule has 0 aliphatic carbocycles. The number of alkyl halides is 2. The quantitative estimate of drug-likeness (QED) is 0.802. The zero-order valence-corrected chi connectivity index (χ0v) is 10.2. The van der Waals surface area contributed by atoms with Crippen LogP contribution in [0.15, 0.2) is 30.3 Å². The van der Waals surface area contributed by atoms with Crippen molar-refractivity contribution >= 4 is 26.8 Å². The molecule has 2 rings (SSSR count). The van der Waals surface area contributed by atoms with E-state index in [2.05, 4.69) is 20.9 Å². The summed E-state index contributed by atoms with van der Waals surface area (Å²) >= 11 is 3.28. The molecule has 0 bridgehead atoms. The van der Waals surface area contributed by atoms with Crippen molar-refractivity contribution in [1.82, 2.24) is 4.98 Å². The van der Waals surface area contributed by atoms with Crippen LogP contribution in [0.1, 0.15) is 5.56 Å². The largest absolute Gasteiger partial charge is 0.477 e. The summed E-state index contributed by atoms with van der Waals surface area (Å²) in [5, 5.41) is 1.60. The molecule has 16 heavy (non-hydrogen) atoms. The van der Waals surface area contributed by atoms with Gasteiger partial charge < -0.3 is 4.74 Å². The lowest BCUT2D eigenvalue weighted by Gasteiger charge is -2.06. The summed E-state index contributed by atoms with van der Waals surface area (Å²) in [6.45, 7) is 0.0991. The summed E-state index contributed by atoms with van der Waals surface area (Å²) in [4.78, 5) is 4.31. The molecule has 4 heteroatoms. The number of aromatic nitrogens is 1. The van der Waals surface area contributed by atoms with E-state index in [0.29, 0.717) is 18.1 Å². The van der Waals surface area contributed by atoms with E-state index in [1.807, 2.05) is 12.1 Å². The third kappa shape index (κ3) is 2.32. The van der Waals surface area contributed by atoms with Crippen LogP contribution in [0.5, 0.6) is 5.88 Å². The van der Waals surface area contributed by atoms with Gasteiger partial charge in [-0.2, -0.15) is 0 Å². The number of pyridine rings is 1. The molecule has 0 aliphatic heterocycles. The highest BCUT2D eigenvalue weighted by Gasteiger charge is 2.03. The summed E-state index contributed by atoms with van der Waals surface area (Å²) in [7, 11) is 0. The third-order valence-corrected chi connectivity index (χ3v) is 2.59. The van der Waals surface area contributed by atoms with Gasteiger partial charge in [0.1, 0.15) is 6.67 Å². The Morgan fingerprint density at radius 2 is 2.12 bits per heavy atom. The Bertz CT molecular complexity index is 489. The van der Waals surface area contributed by atoms with Gasteiger partial charge in [-0.05, 0) is 17.7 Å². The molecule has 2 aromatic rings. The van der Waals surface area contributed by atoms with Gasteiger partial charge in [0.15, 0.2) is 0 Å². The summed E-state index contributed by atoms with van der Waals surface area (Å²) in [5.74, 6) is 0.572. The molecule has 0 fully saturated rings. The van der Waals surface area contributed by atoms with E-state index in [1.165, 1.54) is 0 Å². The fourth-order valence-electron chi connectivity index (χ4n) is 1.54. The molecule has 2 nitrogen and oxygen atoms in total. The first-order valence-electron chi connectivity index (χ1n) is 4.98. The molecule has 0 aliphatic rings. The molecule has 0 saturated carbocycles. The van der Waals surface area contributed by atoms with E-state index in [9.17, 15) is 4.39 Å². The van der Waals surface area contributed by atoms with Crippen LogP contribution in [0.2, 0.25) is 0 Å². The number of fused-ring (bicyclic) bond motifs is 1. The lowest BCUT2D eigenvalue weighted by Crippen LogP contribution is -1.99. The number of nitrogens with zero attached hydrogens (tertiary/aromatic N) is 1. The zero-order valence-electron chi connectivity index (χ0n) is 8.62. The van der Waals surface area contributed by atoms with Crippen molar-refractivity contribution in [2.75, 3.05) is 11.9 Å². The minimum Gasteiger partial charge on any atom is -0.477 e. The molecule has 0 spiro atoms. The molecule has 0 radical (unpaired) electrons. The van der Waals surface area contributed by atoms with Gasteiger partial charge in [0.05, 0.1) is 12.1 Å². The van der Waals surface area contributed by atoms with Gasteiger partial charge in [-0.1, -0.05) is 28.1 Å². The molecule has 0 saturated heterocycles.